The number of hydrogen-bond donors (Lipinski definition) is 2. The third-order valence-electron chi connectivity index (χ3n) is 5.47. The summed E-state index contributed by atoms with van der Waals surface area (Å²) in [6, 6.07) is 13.5. The van der Waals surface area contributed by atoms with Crippen LogP contribution < -0.4 is 10.5 Å². The van der Waals surface area contributed by atoms with Crippen molar-refractivity contribution in [2.24, 2.45) is 0 Å². The summed E-state index contributed by atoms with van der Waals surface area (Å²) in [7, 11) is 0. The van der Waals surface area contributed by atoms with E-state index in [-0.39, 0.29) is 5.56 Å². The van der Waals surface area contributed by atoms with Crippen LogP contribution in [0.15, 0.2) is 52.4 Å². The maximum absolute atomic E-state index is 13.4. The van der Waals surface area contributed by atoms with Gasteiger partial charge in [0.1, 0.15) is 25.7 Å². The number of nitrogens with one attached hydrogen (secondary N) is 1. The number of quaternary nitrogens is 1. The molecule has 158 valence electrons. The Morgan fingerprint density at radius 3 is 2.73 bits per heavy atom. The number of rotatable bonds is 6. The molecule has 2 aromatic carbocycles. The molecular weight excluding hydrogens is 398 g/mol. The molecule has 3 aromatic rings. The van der Waals surface area contributed by atoms with Crippen LogP contribution in [0.4, 0.5) is 0 Å². The molecule has 0 aliphatic carbocycles. The fourth-order valence-corrected chi connectivity index (χ4v) is 4.84. The topological polar surface area (TPSA) is 68.8 Å². The first-order valence-electron chi connectivity index (χ1n) is 10.3. The van der Waals surface area contributed by atoms with Gasteiger partial charge in [0.15, 0.2) is 5.16 Å². The average Bonchev–Trinajstić information content (AvgIpc) is 2.74. The highest BCUT2D eigenvalue weighted by molar-refractivity contribution is 7.99. The van der Waals surface area contributed by atoms with Crippen LogP contribution in [0.25, 0.3) is 16.6 Å². The van der Waals surface area contributed by atoms with E-state index in [1.54, 1.807) is 4.57 Å². The summed E-state index contributed by atoms with van der Waals surface area (Å²) in [5.74, 6) is 0.486. The number of para-hydroxylation sites is 1. The van der Waals surface area contributed by atoms with Gasteiger partial charge in [-0.3, -0.25) is 9.36 Å². The minimum atomic E-state index is -0.473. The monoisotopic (exact) mass is 426 g/mol. The fourth-order valence-electron chi connectivity index (χ4n) is 3.90. The lowest BCUT2D eigenvalue weighted by molar-refractivity contribution is -0.910. The van der Waals surface area contributed by atoms with Gasteiger partial charge in [0, 0.05) is 5.75 Å². The van der Waals surface area contributed by atoms with E-state index >= 15 is 0 Å². The molecule has 2 N–H and O–H groups in total. The second-order valence-corrected chi connectivity index (χ2v) is 8.86. The van der Waals surface area contributed by atoms with Crippen LogP contribution in [0.5, 0.6) is 0 Å². The van der Waals surface area contributed by atoms with E-state index in [0.29, 0.717) is 28.4 Å². The largest absolute Gasteiger partial charge is 0.386 e. The van der Waals surface area contributed by atoms with Gasteiger partial charge in [-0.25, -0.2) is 4.98 Å². The van der Waals surface area contributed by atoms with Gasteiger partial charge < -0.3 is 14.7 Å². The molecule has 1 atom stereocenters. The molecule has 30 heavy (non-hydrogen) atoms. The zero-order chi connectivity index (χ0) is 21.1. The molecular formula is C23H28N3O3S+. The number of thioether (sulfide) groups is 1. The Morgan fingerprint density at radius 1 is 1.20 bits per heavy atom. The first-order chi connectivity index (χ1) is 14.5. The van der Waals surface area contributed by atoms with Gasteiger partial charge in [-0.05, 0) is 37.6 Å². The Labute approximate surface area is 180 Å². The lowest BCUT2D eigenvalue weighted by atomic mass is 10.1. The summed E-state index contributed by atoms with van der Waals surface area (Å²) < 4.78 is 7.08. The summed E-state index contributed by atoms with van der Waals surface area (Å²) in [6.07, 6.45) is -0.473. The van der Waals surface area contributed by atoms with Crippen molar-refractivity contribution in [1.29, 1.82) is 0 Å². The third-order valence-corrected chi connectivity index (χ3v) is 6.55. The summed E-state index contributed by atoms with van der Waals surface area (Å²) in [5, 5.41) is 11.8. The van der Waals surface area contributed by atoms with E-state index < -0.39 is 6.10 Å². The molecule has 0 saturated carbocycles. The lowest BCUT2D eigenvalue weighted by Gasteiger charge is -2.25. The number of ether oxygens (including phenoxy) is 1. The minimum Gasteiger partial charge on any atom is -0.386 e. The number of aromatic nitrogens is 2. The van der Waals surface area contributed by atoms with Gasteiger partial charge in [-0.1, -0.05) is 41.6 Å². The SMILES string of the molecule is Cc1ccc(-n2c(SC[C@@H](O)C[NH+]3CCOCC3)nc3ccccc3c2=O)c(C)c1. The first kappa shape index (κ1) is 21.1. The van der Waals surface area contributed by atoms with Crippen LogP contribution in [0.1, 0.15) is 11.1 Å². The Balaban J connectivity index is 1.66. The maximum Gasteiger partial charge on any atom is 0.266 e. The van der Waals surface area contributed by atoms with Gasteiger partial charge in [0.2, 0.25) is 0 Å². The first-order valence-corrected chi connectivity index (χ1v) is 11.3. The Morgan fingerprint density at radius 2 is 1.97 bits per heavy atom. The molecule has 1 fully saturated rings. The van der Waals surface area contributed by atoms with Crippen LogP contribution >= 0.6 is 11.8 Å². The summed E-state index contributed by atoms with van der Waals surface area (Å²) >= 11 is 1.44. The van der Waals surface area contributed by atoms with E-state index in [9.17, 15) is 9.90 Å². The predicted octanol–water partition coefficient (Wildman–Crippen LogP) is 1.37. The molecule has 4 rings (SSSR count). The average molecular weight is 427 g/mol. The van der Waals surface area contributed by atoms with E-state index in [1.807, 2.05) is 50.2 Å². The highest BCUT2D eigenvalue weighted by atomic mass is 32.2. The second kappa shape index (κ2) is 9.31. The number of hydrogen-bond acceptors (Lipinski definition) is 5. The molecule has 0 radical (unpaired) electrons. The number of morpholine rings is 1. The zero-order valence-corrected chi connectivity index (χ0v) is 18.2. The fraction of sp³-hybridized carbons (Fsp3) is 0.391. The van der Waals surface area contributed by atoms with Crippen molar-refractivity contribution in [2.45, 2.75) is 25.1 Å². The van der Waals surface area contributed by atoms with Crippen molar-refractivity contribution in [1.82, 2.24) is 9.55 Å². The summed E-state index contributed by atoms with van der Waals surface area (Å²) in [4.78, 5) is 19.5. The van der Waals surface area contributed by atoms with Crippen LogP contribution in [-0.4, -0.2) is 59.4 Å². The number of aliphatic hydroxyl groups is 1. The molecule has 1 saturated heterocycles. The molecule has 1 aromatic heterocycles. The Hall–Kier alpha value is -2.19. The quantitative estimate of drug-likeness (QED) is 0.460. The van der Waals surface area contributed by atoms with Crippen molar-refractivity contribution in [3.8, 4) is 5.69 Å². The van der Waals surface area contributed by atoms with E-state index in [0.717, 1.165) is 43.1 Å². The Kier molecular flexibility index (Phi) is 6.53. The number of aryl methyl sites for hydroxylation is 2. The third kappa shape index (κ3) is 4.59. The highest BCUT2D eigenvalue weighted by Crippen LogP contribution is 2.24. The van der Waals surface area contributed by atoms with Gasteiger partial charge >= 0.3 is 0 Å². The number of benzene rings is 2. The second-order valence-electron chi connectivity index (χ2n) is 7.87. The number of nitrogens with zero attached hydrogens (tertiary/aromatic N) is 2. The molecule has 1 aliphatic heterocycles. The molecule has 0 spiro atoms. The van der Waals surface area contributed by atoms with Crippen molar-refractivity contribution in [2.75, 3.05) is 38.6 Å². The lowest BCUT2D eigenvalue weighted by Crippen LogP contribution is -3.15. The zero-order valence-electron chi connectivity index (χ0n) is 17.4. The van der Waals surface area contributed by atoms with Gasteiger partial charge in [0.05, 0.1) is 29.8 Å². The van der Waals surface area contributed by atoms with Crippen molar-refractivity contribution >= 4 is 22.7 Å². The van der Waals surface area contributed by atoms with Crippen LogP contribution in [0.2, 0.25) is 0 Å². The van der Waals surface area contributed by atoms with Crippen molar-refractivity contribution in [3.05, 3.63) is 63.9 Å². The van der Waals surface area contributed by atoms with Crippen LogP contribution in [-0.2, 0) is 4.74 Å². The summed E-state index contributed by atoms with van der Waals surface area (Å²) in [5.41, 5.74) is 3.60. The highest BCUT2D eigenvalue weighted by Gasteiger charge is 2.20. The predicted molar refractivity (Wildman–Crippen MR) is 120 cm³/mol. The van der Waals surface area contributed by atoms with Gasteiger partial charge in [0.25, 0.3) is 5.56 Å². The van der Waals surface area contributed by atoms with E-state index in [1.165, 1.54) is 16.7 Å². The standard InChI is InChI=1S/C23H27N3O3S/c1-16-7-8-21(17(2)13-16)26-22(28)19-5-3-4-6-20(19)24-23(26)30-15-18(27)14-25-9-11-29-12-10-25/h3-8,13,18,27H,9-12,14-15H2,1-2H3/p+1/t18-/m0/s1. The summed E-state index contributed by atoms with van der Waals surface area (Å²) in [6.45, 7) is 8.05. The molecule has 7 heteroatoms. The number of fused-ring (bicyclic) bond motifs is 1. The van der Waals surface area contributed by atoms with E-state index in [2.05, 4.69) is 6.07 Å². The molecule has 6 nitrogen and oxygen atoms in total. The molecule has 0 unspecified atom stereocenters. The van der Waals surface area contributed by atoms with Gasteiger partial charge in [-0.2, -0.15) is 0 Å². The molecule has 2 heterocycles. The number of aliphatic hydroxyl groups excluding tert-OH is 1. The maximum atomic E-state index is 13.4. The van der Waals surface area contributed by atoms with E-state index in [4.69, 9.17) is 9.72 Å². The van der Waals surface area contributed by atoms with Crippen molar-refractivity contribution < 1.29 is 14.7 Å². The van der Waals surface area contributed by atoms with Gasteiger partial charge in [-0.15, -0.1) is 0 Å². The Bertz CT molecular complexity index is 1090. The van der Waals surface area contributed by atoms with Crippen molar-refractivity contribution in [3.63, 3.8) is 0 Å². The smallest absolute Gasteiger partial charge is 0.266 e. The van der Waals surface area contributed by atoms with Crippen LogP contribution in [0, 0.1) is 13.8 Å². The van der Waals surface area contributed by atoms with Crippen LogP contribution in [0.3, 0.4) is 0 Å². The molecule has 0 bridgehead atoms. The normalized spacial score (nSPS) is 16.1. The molecule has 0 amide bonds. The minimum absolute atomic E-state index is 0.0802. The molecule has 1 aliphatic rings.